The van der Waals surface area contributed by atoms with Crippen molar-refractivity contribution in [1.29, 1.82) is 0 Å². The Morgan fingerprint density at radius 2 is 1.58 bits per heavy atom. The van der Waals surface area contributed by atoms with Crippen LogP contribution in [0.4, 0.5) is 0 Å². The molecule has 1 aliphatic heterocycles. The second-order valence-electron chi connectivity index (χ2n) is 6.00. The molecule has 1 rings (SSSR count). The number of carbonyl (C=O) groups excluding carboxylic acids is 1. The molecule has 1 heterocycles. The molecule has 0 radical (unpaired) electrons. The number of carbonyl (C=O) groups is 1. The Labute approximate surface area is 119 Å². The van der Waals surface area contributed by atoms with Gasteiger partial charge < -0.3 is 4.74 Å². The minimum absolute atomic E-state index is 0.489. The normalized spacial score (nSPS) is 16.7. The summed E-state index contributed by atoms with van der Waals surface area (Å²) in [6.45, 7) is 4.12. The standard InChI is InChI=1S/C17H32O2/c1-2-3-4-5-6-10-17(18)11-8-7-9-16-12-14-19-15-13-16/h16H,2-15H2,1H3. The van der Waals surface area contributed by atoms with Crippen molar-refractivity contribution in [3.63, 3.8) is 0 Å². The van der Waals surface area contributed by atoms with E-state index in [1.807, 2.05) is 0 Å². The Morgan fingerprint density at radius 1 is 0.947 bits per heavy atom. The van der Waals surface area contributed by atoms with Gasteiger partial charge in [0.05, 0.1) is 0 Å². The highest BCUT2D eigenvalue weighted by atomic mass is 16.5. The lowest BCUT2D eigenvalue weighted by Gasteiger charge is -2.21. The summed E-state index contributed by atoms with van der Waals surface area (Å²) >= 11 is 0. The van der Waals surface area contributed by atoms with Gasteiger partial charge in [0.25, 0.3) is 0 Å². The molecule has 19 heavy (non-hydrogen) atoms. The van der Waals surface area contributed by atoms with Gasteiger partial charge >= 0.3 is 0 Å². The lowest BCUT2D eigenvalue weighted by Crippen LogP contribution is -2.15. The van der Waals surface area contributed by atoms with E-state index in [-0.39, 0.29) is 0 Å². The molecule has 0 unspecified atom stereocenters. The smallest absolute Gasteiger partial charge is 0.132 e. The average Bonchev–Trinajstić information content (AvgIpc) is 2.44. The molecule has 112 valence electrons. The fourth-order valence-corrected chi connectivity index (χ4v) is 2.84. The van der Waals surface area contributed by atoms with Crippen molar-refractivity contribution in [2.24, 2.45) is 5.92 Å². The van der Waals surface area contributed by atoms with Crippen molar-refractivity contribution in [3.05, 3.63) is 0 Å². The van der Waals surface area contributed by atoms with Gasteiger partial charge in [0.1, 0.15) is 5.78 Å². The van der Waals surface area contributed by atoms with E-state index < -0.39 is 0 Å². The van der Waals surface area contributed by atoms with E-state index in [0.29, 0.717) is 5.78 Å². The second-order valence-corrected chi connectivity index (χ2v) is 6.00. The van der Waals surface area contributed by atoms with E-state index in [2.05, 4.69) is 6.92 Å². The lowest BCUT2D eigenvalue weighted by molar-refractivity contribution is -0.119. The van der Waals surface area contributed by atoms with Gasteiger partial charge in [-0.2, -0.15) is 0 Å². The van der Waals surface area contributed by atoms with Crippen molar-refractivity contribution < 1.29 is 9.53 Å². The number of hydrogen-bond acceptors (Lipinski definition) is 2. The molecule has 2 heteroatoms. The zero-order chi connectivity index (χ0) is 13.8. The van der Waals surface area contributed by atoms with Crippen molar-refractivity contribution in [2.75, 3.05) is 13.2 Å². The molecule has 0 aromatic heterocycles. The van der Waals surface area contributed by atoms with Crippen LogP contribution in [0, 0.1) is 5.92 Å². The molecule has 0 aromatic carbocycles. The van der Waals surface area contributed by atoms with Crippen LogP contribution < -0.4 is 0 Å². The third kappa shape index (κ3) is 9.21. The molecule has 0 amide bonds. The van der Waals surface area contributed by atoms with Crippen LogP contribution in [0.2, 0.25) is 0 Å². The van der Waals surface area contributed by atoms with E-state index in [9.17, 15) is 4.79 Å². The van der Waals surface area contributed by atoms with Crippen LogP contribution in [-0.4, -0.2) is 19.0 Å². The summed E-state index contributed by atoms with van der Waals surface area (Å²) in [4.78, 5) is 11.7. The number of rotatable bonds is 11. The van der Waals surface area contributed by atoms with Gasteiger partial charge in [-0.05, 0) is 31.6 Å². The maximum atomic E-state index is 11.7. The molecule has 0 N–H and O–H groups in total. The Balaban J connectivity index is 1.86. The minimum Gasteiger partial charge on any atom is -0.381 e. The molecule has 0 aromatic rings. The summed E-state index contributed by atoms with van der Waals surface area (Å²) in [5.74, 6) is 1.35. The van der Waals surface area contributed by atoms with Crippen molar-refractivity contribution in [2.45, 2.75) is 84.0 Å². The molecule has 0 spiro atoms. The van der Waals surface area contributed by atoms with Crippen molar-refractivity contribution in [3.8, 4) is 0 Å². The molecule has 0 atom stereocenters. The molecule has 0 bridgehead atoms. The lowest BCUT2D eigenvalue weighted by atomic mass is 9.93. The van der Waals surface area contributed by atoms with E-state index in [1.54, 1.807) is 0 Å². The molecule has 2 nitrogen and oxygen atoms in total. The summed E-state index contributed by atoms with van der Waals surface area (Å²) in [6.07, 6.45) is 14.0. The maximum Gasteiger partial charge on any atom is 0.132 e. The zero-order valence-electron chi connectivity index (χ0n) is 12.8. The zero-order valence-corrected chi connectivity index (χ0v) is 12.8. The van der Waals surface area contributed by atoms with Crippen LogP contribution in [0.5, 0.6) is 0 Å². The van der Waals surface area contributed by atoms with Gasteiger partial charge in [-0.3, -0.25) is 4.79 Å². The van der Waals surface area contributed by atoms with Gasteiger partial charge in [-0.25, -0.2) is 0 Å². The molecule has 0 saturated carbocycles. The monoisotopic (exact) mass is 268 g/mol. The molecular weight excluding hydrogens is 236 g/mol. The van der Waals surface area contributed by atoms with E-state index in [4.69, 9.17) is 4.74 Å². The van der Waals surface area contributed by atoms with E-state index in [1.165, 1.54) is 51.4 Å². The van der Waals surface area contributed by atoms with Crippen LogP contribution in [0.15, 0.2) is 0 Å². The molecule has 1 aliphatic rings. The fourth-order valence-electron chi connectivity index (χ4n) is 2.84. The van der Waals surface area contributed by atoms with Crippen molar-refractivity contribution in [1.82, 2.24) is 0 Å². The van der Waals surface area contributed by atoms with Crippen LogP contribution in [-0.2, 0) is 9.53 Å². The number of hydrogen-bond donors (Lipinski definition) is 0. The first-order valence-electron chi connectivity index (χ1n) is 8.42. The quantitative estimate of drug-likeness (QED) is 0.498. The Kier molecular flexibility index (Phi) is 10.1. The van der Waals surface area contributed by atoms with Crippen LogP contribution in [0.1, 0.15) is 84.0 Å². The summed E-state index contributed by atoms with van der Waals surface area (Å²) in [5, 5.41) is 0. The molecular formula is C17H32O2. The highest BCUT2D eigenvalue weighted by Crippen LogP contribution is 2.21. The second kappa shape index (κ2) is 11.5. The Hall–Kier alpha value is -0.370. The molecule has 1 saturated heterocycles. The van der Waals surface area contributed by atoms with Gasteiger partial charge in [0.15, 0.2) is 0 Å². The molecule has 0 aliphatic carbocycles. The maximum absolute atomic E-state index is 11.7. The van der Waals surface area contributed by atoms with Crippen molar-refractivity contribution >= 4 is 5.78 Å². The van der Waals surface area contributed by atoms with Gasteiger partial charge in [-0.15, -0.1) is 0 Å². The number of ether oxygens (including phenoxy) is 1. The third-order valence-electron chi connectivity index (χ3n) is 4.22. The predicted octanol–water partition coefficient (Wildman–Crippen LogP) is 4.90. The Bertz CT molecular complexity index is 219. The summed E-state index contributed by atoms with van der Waals surface area (Å²) in [7, 11) is 0. The highest BCUT2D eigenvalue weighted by molar-refractivity contribution is 5.78. The highest BCUT2D eigenvalue weighted by Gasteiger charge is 2.13. The number of Topliss-reactive ketones (excluding diaryl/α,β-unsaturated/α-hetero) is 1. The summed E-state index contributed by atoms with van der Waals surface area (Å²) in [5.41, 5.74) is 0. The SMILES string of the molecule is CCCCCCCC(=O)CCCCC1CCOCC1. The van der Waals surface area contributed by atoms with Gasteiger partial charge in [0.2, 0.25) is 0 Å². The predicted molar refractivity (Wildman–Crippen MR) is 80.4 cm³/mol. The number of unbranched alkanes of at least 4 members (excludes halogenated alkanes) is 5. The van der Waals surface area contributed by atoms with Crippen LogP contribution >= 0.6 is 0 Å². The van der Waals surface area contributed by atoms with E-state index >= 15 is 0 Å². The van der Waals surface area contributed by atoms with E-state index in [0.717, 1.165) is 44.8 Å². The van der Waals surface area contributed by atoms with Crippen LogP contribution in [0.3, 0.4) is 0 Å². The number of ketones is 1. The third-order valence-corrected chi connectivity index (χ3v) is 4.22. The van der Waals surface area contributed by atoms with Crippen LogP contribution in [0.25, 0.3) is 0 Å². The minimum atomic E-state index is 0.489. The average molecular weight is 268 g/mol. The molecule has 1 fully saturated rings. The largest absolute Gasteiger partial charge is 0.381 e. The van der Waals surface area contributed by atoms with Gasteiger partial charge in [0, 0.05) is 26.1 Å². The first-order chi connectivity index (χ1) is 9.33. The first kappa shape index (κ1) is 16.7. The Morgan fingerprint density at radius 3 is 2.26 bits per heavy atom. The summed E-state index contributed by atoms with van der Waals surface area (Å²) in [6, 6.07) is 0. The van der Waals surface area contributed by atoms with Gasteiger partial charge in [-0.1, -0.05) is 45.4 Å². The topological polar surface area (TPSA) is 26.3 Å². The first-order valence-corrected chi connectivity index (χ1v) is 8.42. The fraction of sp³-hybridized carbons (Fsp3) is 0.941. The summed E-state index contributed by atoms with van der Waals surface area (Å²) < 4.78 is 5.36.